The van der Waals surface area contributed by atoms with Gasteiger partial charge in [0.15, 0.2) is 5.65 Å². The van der Waals surface area contributed by atoms with Gasteiger partial charge in [-0.1, -0.05) is 11.3 Å². The minimum absolute atomic E-state index is 0.00295. The van der Waals surface area contributed by atoms with E-state index in [-0.39, 0.29) is 22.9 Å². The Morgan fingerprint density at radius 1 is 1.33 bits per heavy atom. The maximum atomic E-state index is 12.7. The molecule has 0 aliphatic heterocycles. The van der Waals surface area contributed by atoms with E-state index < -0.39 is 12.0 Å². The van der Waals surface area contributed by atoms with Gasteiger partial charge in [0, 0.05) is 11.1 Å². The van der Waals surface area contributed by atoms with Crippen molar-refractivity contribution < 1.29 is 13.2 Å². The van der Waals surface area contributed by atoms with Crippen LogP contribution < -0.4 is 10.2 Å². The molecule has 0 aliphatic carbocycles. The molecule has 0 amide bonds. The van der Waals surface area contributed by atoms with Crippen LogP contribution >= 0.6 is 11.3 Å². The monoisotopic (exact) mass is 316 g/mol. The Bertz CT molecular complexity index is 835. The summed E-state index contributed by atoms with van der Waals surface area (Å²) in [5.41, 5.74) is 0.614. The van der Waals surface area contributed by atoms with E-state index in [9.17, 15) is 18.0 Å². The highest BCUT2D eigenvalue weighted by molar-refractivity contribution is 7.07. The summed E-state index contributed by atoms with van der Waals surface area (Å²) >= 11 is 1.00. The lowest BCUT2D eigenvalue weighted by atomic mass is 10.4. The summed E-state index contributed by atoms with van der Waals surface area (Å²) in [7, 11) is 0. The third kappa shape index (κ3) is 2.72. The first kappa shape index (κ1) is 13.5. The largest absolute Gasteiger partial charge is 0.453 e. The highest BCUT2D eigenvalue weighted by Crippen LogP contribution is 2.27. The average Bonchev–Trinajstić information content (AvgIpc) is 3.01. The molecular formula is C10H7F3N6OS. The van der Waals surface area contributed by atoms with Crippen LogP contribution in [0, 0.1) is 0 Å². The zero-order valence-electron chi connectivity index (χ0n) is 10.2. The molecule has 0 spiro atoms. The first-order valence-electron chi connectivity index (χ1n) is 5.64. The molecule has 3 aromatic rings. The topological polar surface area (TPSA) is 88.0 Å². The molecule has 0 atom stereocenters. The molecule has 3 rings (SSSR count). The van der Waals surface area contributed by atoms with Crippen molar-refractivity contribution in [2.75, 3.05) is 5.32 Å². The smallest absolute Gasteiger partial charge is 0.363 e. The summed E-state index contributed by atoms with van der Waals surface area (Å²) in [6.07, 6.45) is -4.64. The quantitative estimate of drug-likeness (QED) is 0.764. The van der Waals surface area contributed by atoms with E-state index in [0.717, 1.165) is 11.3 Å². The molecule has 0 radical (unpaired) electrons. The number of halogens is 3. The number of anilines is 1. The van der Waals surface area contributed by atoms with Crippen LogP contribution in [-0.2, 0) is 12.7 Å². The Balaban J connectivity index is 1.88. The van der Waals surface area contributed by atoms with Crippen LogP contribution in [0.5, 0.6) is 0 Å². The fraction of sp³-hybridized carbons (Fsp3) is 0.200. The van der Waals surface area contributed by atoms with Crippen LogP contribution in [0.25, 0.3) is 5.65 Å². The highest BCUT2D eigenvalue weighted by atomic mass is 32.1. The fourth-order valence-corrected chi connectivity index (χ4v) is 2.23. The molecule has 0 bridgehead atoms. The number of fused-ring (bicyclic) bond motifs is 1. The van der Waals surface area contributed by atoms with E-state index in [2.05, 4.69) is 25.6 Å². The summed E-state index contributed by atoms with van der Waals surface area (Å²) in [6.45, 7) is 0.237. The van der Waals surface area contributed by atoms with E-state index in [1.54, 1.807) is 5.38 Å². The highest BCUT2D eigenvalue weighted by Gasteiger charge is 2.37. The number of hydrogen-bond acceptors (Lipinski definition) is 6. The van der Waals surface area contributed by atoms with Crippen molar-refractivity contribution in [3.8, 4) is 0 Å². The number of aromatic amines is 1. The maximum absolute atomic E-state index is 12.7. The number of alkyl halides is 3. The molecule has 0 fully saturated rings. The van der Waals surface area contributed by atoms with Crippen molar-refractivity contribution in [1.29, 1.82) is 0 Å². The average molecular weight is 316 g/mol. The summed E-state index contributed by atoms with van der Waals surface area (Å²) in [4.78, 5) is 13.3. The Kier molecular flexibility index (Phi) is 3.12. The second-order valence-corrected chi connectivity index (χ2v) is 4.88. The van der Waals surface area contributed by atoms with Crippen LogP contribution in [0.2, 0.25) is 0 Å². The molecule has 0 aliphatic rings. The van der Waals surface area contributed by atoms with E-state index in [0.29, 0.717) is 10.2 Å². The first-order valence-corrected chi connectivity index (χ1v) is 6.52. The van der Waals surface area contributed by atoms with Crippen molar-refractivity contribution in [2.24, 2.45) is 0 Å². The fourth-order valence-electron chi connectivity index (χ4n) is 1.65. The van der Waals surface area contributed by atoms with Gasteiger partial charge in [0.1, 0.15) is 5.82 Å². The van der Waals surface area contributed by atoms with Gasteiger partial charge in [0.05, 0.1) is 6.54 Å². The molecule has 2 N–H and O–H groups in total. The van der Waals surface area contributed by atoms with Crippen molar-refractivity contribution >= 4 is 22.8 Å². The maximum Gasteiger partial charge on any atom is 0.453 e. The Morgan fingerprint density at radius 3 is 2.81 bits per heavy atom. The van der Waals surface area contributed by atoms with Gasteiger partial charge in [-0.2, -0.15) is 17.7 Å². The summed E-state index contributed by atoms with van der Waals surface area (Å²) in [6, 6.07) is 2.85. The zero-order valence-corrected chi connectivity index (χ0v) is 11.0. The molecule has 21 heavy (non-hydrogen) atoms. The second kappa shape index (κ2) is 4.84. The number of aromatic nitrogens is 5. The molecule has 0 saturated carbocycles. The summed E-state index contributed by atoms with van der Waals surface area (Å²) in [5.74, 6) is -0.982. The lowest BCUT2D eigenvalue weighted by Crippen LogP contribution is -2.13. The third-order valence-corrected chi connectivity index (χ3v) is 3.27. The van der Waals surface area contributed by atoms with Crippen LogP contribution in [0.1, 0.15) is 11.5 Å². The zero-order chi connectivity index (χ0) is 15.0. The van der Waals surface area contributed by atoms with Crippen molar-refractivity contribution in [2.45, 2.75) is 12.7 Å². The predicted molar refractivity (Wildman–Crippen MR) is 68.1 cm³/mol. The predicted octanol–water partition coefficient (Wildman–Crippen LogP) is 1.51. The number of hydrogen-bond donors (Lipinski definition) is 2. The number of H-pyrrole nitrogens is 1. The summed E-state index contributed by atoms with van der Waals surface area (Å²) < 4.78 is 38.8. The Labute approximate surface area is 118 Å². The molecule has 3 aromatic heterocycles. The molecule has 0 saturated heterocycles. The molecule has 0 aromatic carbocycles. The van der Waals surface area contributed by atoms with E-state index in [1.165, 1.54) is 12.1 Å². The van der Waals surface area contributed by atoms with Gasteiger partial charge in [0.25, 0.3) is 5.82 Å². The minimum Gasteiger partial charge on any atom is -0.363 e. The van der Waals surface area contributed by atoms with Gasteiger partial charge in [-0.3, -0.25) is 4.79 Å². The van der Waals surface area contributed by atoms with Gasteiger partial charge in [-0.25, -0.2) is 0 Å². The van der Waals surface area contributed by atoms with E-state index in [1.807, 2.05) is 0 Å². The number of rotatable bonds is 3. The van der Waals surface area contributed by atoms with Crippen LogP contribution in [0.4, 0.5) is 19.0 Å². The number of nitrogens with one attached hydrogen (secondary N) is 2. The number of thiazole rings is 1. The lowest BCUT2D eigenvalue weighted by Gasteiger charge is -2.06. The number of nitrogens with zero attached hydrogens (tertiary/aromatic N) is 4. The third-order valence-electron chi connectivity index (χ3n) is 2.55. The Morgan fingerprint density at radius 2 is 2.14 bits per heavy atom. The molecule has 11 heteroatoms. The molecule has 0 unspecified atom stereocenters. The van der Waals surface area contributed by atoms with Gasteiger partial charge in [0.2, 0.25) is 0 Å². The van der Waals surface area contributed by atoms with Gasteiger partial charge in [-0.05, 0) is 12.1 Å². The molecule has 7 nitrogen and oxygen atoms in total. The second-order valence-electron chi connectivity index (χ2n) is 4.04. The van der Waals surface area contributed by atoms with Crippen molar-refractivity contribution in [3.63, 3.8) is 0 Å². The lowest BCUT2D eigenvalue weighted by molar-refractivity contribution is -0.146. The SMILES string of the molecule is O=c1[nH]c(CNc2ccc3nnc(C(F)(F)F)n3n2)cs1. The van der Waals surface area contributed by atoms with Crippen molar-refractivity contribution in [3.05, 3.63) is 38.7 Å². The van der Waals surface area contributed by atoms with Crippen LogP contribution in [0.3, 0.4) is 0 Å². The van der Waals surface area contributed by atoms with Gasteiger partial charge >= 0.3 is 11.0 Å². The van der Waals surface area contributed by atoms with Crippen molar-refractivity contribution in [1.82, 2.24) is 24.8 Å². The summed E-state index contributed by atoms with van der Waals surface area (Å²) in [5, 5.41) is 14.7. The standard InChI is InChI=1S/C10H7F3N6OS/c11-10(12,13)8-17-16-7-2-1-6(18-19(7)8)14-3-5-4-21-9(20)15-5/h1-2,4H,3H2,(H,14,18)(H,15,20). The normalized spacial score (nSPS) is 12.0. The minimum atomic E-state index is -4.64. The molecule has 3 heterocycles. The molecular weight excluding hydrogens is 309 g/mol. The first-order chi connectivity index (χ1) is 9.93. The van der Waals surface area contributed by atoms with Crippen LogP contribution in [0.15, 0.2) is 22.3 Å². The van der Waals surface area contributed by atoms with Gasteiger partial charge in [-0.15, -0.1) is 15.3 Å². The van der Waals surface area contributed by atoms with Gasteiger partial charge < -0.3 is 10.3 Å². The Hall–Kier alpha value is -2.43. The van der Waals surface area contributed by atoms with E-state index in [4.69, 9.17) is 0 Å². The molecule has 110 valence electrons. The van der Waals surface area contributed by atoms with Crippen LogP contribution in [-0.4, -0.2) is 24.8 Å². The van der Waals surface area contributed by atoms with E-state index >= 15 is 0 Å².